The fourth-order valence-electron chi connectivity index (χ4n) is 1.34. The monoisotopic (exact) mass is 270 g/mol. The maximum Gasteiger partial charge on any atom is 0.338 e. The predicted octanol–water partition coefficient (Wildman–Crippen LogP) is 3.01. The van der Waals surface area contributed by atoms with E-state index in [-0.39, 0.29) is 12.4 Å². The molecule has 1 rings (SSSR count). The molecule has 0 heterocycles. The van der Waals surface area contributed by atoms with Gasteiger partial charge in [0.15, 0.2) is 0 Å². The number of ether oxygens (including phenoxy) is 1. The number of ketones is 1. The van der Waals surface area contributed by atoms with Crippen molar-refractivity contribution < 1.29 is 18.7 Å². The van der Waals surface area contributed by atoms with Gasteiger partial charge in [0, 0.05) is 4.90 Å². The lowest BCUT2D eigenvalue weighted by atomic mass is 10.1. The molecule has 1 aromatic rings. The number of rotatable bonds is 6. The molecular weight excluding hydrogens is 255 g/mol. The molecule has 3 nitrogen and oxygen atoms in total. The zero-order valence-electron chi connectivity index (χ0n) is 10.4. The summed E-state index contributed by atoms with van der Waals surface area (Å²) in [5.41, 5.74) is 0.727. The van der Waals surface area contributed by atoms with Crippen LogP contribution in [0.4, 0.5) is 4.39 Å². The van der Waals surface area contributed by atoms with Crippen molar-refractivity contribution in [3.05, 3.63) is 29.3 Å². The highest BCUT2D eigenvalue weighted by Crippen LogP contribution is 2.22. The molecule has 0 aliphatic heterocycles. The van der Waals surface area contributed by atoms with Gasteiger partial charge >= 0.3 is 5.97 Å². The minimum absolute atomic E-state index is 0.0309. The molecule has 1 aromatic carbocycles. The summed E-state index contributed by atoms with van der Waals surface area (Å²) in [6, 6.07) is 4.72. The first kappa shape index (κ1) is 14.7. The van der Waals surface area contributed by atoms with E-state index in [4.69, 9.17) is 4.74 Å². The van der Waals surface area contributed by atoms with Crippen molar-refractivity contribution in [2.24, 2.45) is 0 Å². The number of hydrogen-bond donors (Lipinski definition) is 0. The van der Waals surface area contributed by atoms with E-state index in [9.17, 15) is 14.0 Å². The molecule has 0 bridgehead atoms. The lowest BCUT2D eigenvalue weighted by molar-refractivity contribution is -0.114. The molecule has 0 aliphatic carbocycles. The van der Waals surface area contributed by atoms with Crippen LogP contribution in [0.15, 0.2) is 23.1 Å². The minimum Gasteiger partial charge on any atom is -0.462 e. The second kappa shape index (κ2) is 7.16. The van der Waals surface area contributed by atoms with Crippen LogP contribution in [0.2, 0.25) is 0 Å². The van der Waals surface area contributed by atoms with Gasteiger partial charge in [0.05, 0.1) is 17.9 Å². The molecule has 0 atom stereocenters. The summed E-state index contributed by atoms with van der Waals surface area (Å²) >= 11 is 1.28. The third kappa shape index (κ3) is 4.49. The first-order valence-electron chi connectivity index (χ1n) is 5.56. The van der Waals surface area contributed by atoms with Gasteiger partial charge in [-0.15, -0.1) is 11.8 Å². The van der Waals surface area contributed by atoms with E-state index in [1.807, 2.05) is 0 Å². The highest BCUT2D eigenvalue weighted by molar-refractivity contribution is 8.00. The first-order valence-corrected chi connectivity index (χ1v) is 6.54. The molecule has 0 unspecified atom stereocenters. The third-order valence-electron chi connectivity index (χ3n) is 2.07. The van der Waals surface area contributed by atoms with Crippen molar-refractivity contribution in [2.45, 2.75) is 25.4 Å². The van der Waals surface area contributed by atoms with Crippen molar-refractivity contribution in [1.29, 1.82) is 0 Å². The lowest BCUT2D eigenvalue weighted by Gasteiger charge is -2.07. The summed E-state index contributed by atoms with van der Waals surface area (Å²) in [6.07, 6.45) is 0. The molecule has 0 N–H and O–H groups in total. The minimum atomic E-state index is -0.652. The Balaban J connectivity index is 2.93. The average molecular weight is 270 g/mol. The van der Waals surface area contributed by atoms with Crippen LogP contribution in [0.25, 0.3) is 0 Å². The highest BCUT2D eigenvalue weighted by Gasteiger charge is 2.10. The quantitative estimate of drug-likeness (QED) is 0.588. The molecule has 0 amide bonds. The Labute approximate surface area is 110 Å². The van der Waals surface area contributed by atoms with Gasteiger partial charge in [-0.05, 0) is 37.6 Å². The molecule has 0 saturated heterocycles. The van der Waals surface area contributed by atoms with Crippen molar-refractivity contribution in [1.82, 2.24) is 0 Å². The number of carbonyl (C=O) groups is 2. The second-order valence-electron chi connectivity index (χ2n) is 3.71. The third-order valence-corrected chi connectivity index (χ3v) is 3.19. The van der Waals surface area contributed by atoms with E-state index in [0.717, 1.165) is 0 Å². The molecule has 5 heteroatoms. The van der Waals surface area contributed by atoms with Crippen LogP contribution in [-0.2, 0) is 16.2 Å². The van der Waals surface area contributed by atoms with Crippen molar-refractivity contribution in [2.75, 3.05) is 12.4 Å². The molecule has 0 spiro atoms. The van der Waals surface area contributed by atoms with Gasteiger partial charge in [0.25, 0.3) is 0 Å². The van der Waals surface area contributed by atoms with E-state index in [1.54, 1.807) is 19.1 Å². The zero-order chi connectivity index (χ0) is 13.5. The number of benzene rings is 1. The molecule has 0 fully saturated rings. The van der Waals surface area contributed by atoms with Crippen LogP contribution in [0, 0.1) is 0 Å². The Morgan fingerprint density at radius 2 is 2.06 bits per heavy atom. The van der Waals surface area contributed by atoms with Gasteiger partial charge in [-0.3, -0.25) is 4.79 Å². The molecule has 0 radical (unpaired) electrons. The molecule has 0 aromatic heterocycles. The molecule has 0 aliphatic rings. The standard InChI is InChI=1S/C13H15FO3S/c1-3-17-13(16)11-4-10(7-14)5-12(6-11)18-8-9(2)15/h4-6H,3,7-8H2,1-2H3. The largest absolute Gasteiger partial charge is 0.462 e. The SMILES string of the molecule is CCOC(=O)c1cc(CF)cc(SCC(C)=O)c1. The second-order valence-corrected chi connectivity index (χ2v) is 4.76. The molecular formula is C13H15FO3S. The smallest absolute Gasteiger partial charge is 0.338 e. The number of carbonyl (C=O) groups excluding carboxylic acids is 2. The summed E-state index contributed by atoms with van der Waals surface area (Å²) in [4.78, 5) is 23.2. The van der Waals surface area contributed by atoms with Gasteiger partial charge < -0.3 is 4.74 Å². The van der Waals surface area contributed by atoms with Crippen LogP contribution in [0.3, 0.4) is 0 Å². The van der Waals surface area contributed by atoms with Crippen LogP contribution in [-0.4, -0.2) is 24.1 Å². The van der Waals surface area contributed by atoms with Crippen LogP contribution >= 0.6 is 11.8 Å². The van der Waals surface area contributed by atoms with Crippen LogP contribution < -0.4 is 0 Å². The van der Waals surface area contributed by atoms with E-state index in [0.29, 0.717) is 21.8 Å². The van der Waals surface area contributed by atoms with Crippen LogP contribution in [0.1, 0.15) is 29.8 Å². The fraction of sp³-hybridized carbons (Fsp3) is 0.385. The average Bonchev–Trinajstić information content (AvgIpc) is 2.36. The predicted molar refractivity (Wildman–Crippen MR) is 68.6 cm³/mol. The molecule has 18 heavy (non-hydrogen) atoms. The Bertz CT molecular complexity index is 446. The summed E-state index contributed by atoms with van der Waals surface area (Å²) in [5.74, 6) is -0.140. The van der Waals surface area contributed by atoms with Gasteiger partial charge in [-0.25, -0.2) is 9.18 Å². The van der Waals surface area contributed by atoms with Gasteiger partial charge in [-0.1, -0.05) is 0 Å². The topological polar surface area (TPSA) is 43.4 Å². The number of halogens is 1. The molecule has 0 saturated carbocycles. The summed E-state index contributed by atoms with van der Waals surface area (Å²) < 4.78 is 17.6. The van der Waals surface area contributed by atoms with E-state index in [2.05, 4.69) is 0 Å². The highest BCUT2D eigenvalue weighted by atomic mass is 32.2. The number of alkyl halides is 1. The maximum atomic E-state index is 12.7. The lowest BCUT2D eigenvalue weighted by Crippen LogP contribution is -2.05. The summed E-state index contributed by atoms with van der Waals surface area (Å²) in [7, 11) is 0. The Hall–Kier alpha value is -1.36. The number of esters is 1. The fourth-order valence-corrected chi connectivity index (χ4v) is 2.15. The molecule has 98 valence electrons. The maximum absolute atomic E-state index is 12.7. The Kier molecular flexibility index (Phi) is 5.85. The van der Waals surface area contributed by atoms with Gasteiger partial charge in [0.2, 0.25) is 0 Å². The Morgan fingerprint density at radius 3 is 2.61 bits per heavy atom. The van der Waals surface area contributed by atoms with E-state index < -0.39 is 12.6 Å². The normalized spacial score (nSPS) is 10.2. The van der Waals surface area contributed by atoms with Gasteiger partial charge in [-0.2, -0.15) is 0 Å². The van der Waals surface area contributed by atoms with Crippen molar-refractivity contribution in [3.63, 3.8) is 0 Å². The summed E-state index contributed by atoms with van der Waals surface area (Å²) in [6.45, 7) is 2.82. The van der Waals surface area contributed by atoms with Crippen molar-refractivity contribution in [3.8, 4) is 0 Å². The van der Waals surface area contributed by atoms with Gasteiger partial charge in [0.1, 0.15) is 12.5 Å². The number of hydrogen-bond acceptors (Lipinski definition) is 4. The van der Waals surface area contributed by atoms with Crippen LogP contribution in [0.5, 0.6) is 0 Å². The first-order chi connectivity index (χ1) is 8.56. The van der Waals surface area contributed by atoms with E-state index >= 15 is 0 Å². The Morgan fingerprint density at radius 1 is 1.33 bits per heavy atom. The van der Waals surface area contributed by atoms with E-state index in [1.165, 1.54) is 24.8 Å². The zero-order valence-corrected chi connectivity index (χ0v) is 11.2. The number of thioether (sulfide) groups is 1. The summed E-state index contributed by atoms with van der Waals surface area (Å²) in [5, 5.41) is 0. The number of Topliss-reactive ketones (excluding diaryl/α,β-unsaturated/α-hetero) is 1. The van der Waals surface area contributed by atoms with Crippen molar-refractivity contribution >= 4 is 23.5 Å².